The van der Waals surface area contributed by atoms with Gasteiger partial charge in [0.25, 0.3) is 0 Å². The average Bonchev–Trinajstić information content (AvgIpc) is 2.77. The summed E-state index contributed by atoms with van der Waals surface area (Å²) < 4.78 is 24.0. The summed E-state index contributed by atoms with van der Waals surface area (Å²) in [5, 5.41) is 3.07. The molecule has 1 aliphatic heterocycles. The van der Waals surface area contributed by atoms with Gasteiger partial charge >= 0.3 is 6.09 Å². The molecule has 1 atom stereocenters. The Kier molecular flexibility index (Phi) is 7.89. The molecule has 8 heteroatoms. The highest BCUT2D eigenvalue weighted by Gasteiger charge is 2.28. The maximum absolute atomic E-state index is 13.4. The molecule has 1 aromatic carbocycles. The molecule has 1 unspecified atom stereocenters. The third kappa shape index (κ3) is 7.17. The number of carbonyl (C=O) groups excluding carboxylic acids is 2. The van der Waals surface area contributed by atoms with Gasteiger partial charge in [-0.05, 0) is 68.9 Å². The molecule has 7 nitrogen and oxygen atoms in total. The van der Waals surface area contributed by atoms with E-state index < -0.39 is 11.6 Å². The monoisotopic (exact) mass is 457 g/mol. The van der Waals surface area contributed by atoms with Crippen LogP contribution in [0.15, 0.2) is 42.6 Å². The molecule has 1 aliphatic rings. The van der Waals surface area contributed by atoms with Crippen molar-refractivity contribution in [1.29, 1.82) is 0 Å². The SMILES string of the molecule is COc1ccc(C(NC(=O)CC2CCN(C(=O)OC(C)(C)C)CC2)c2ccc(F)cc2)cn1. The van der Waals surface area contributed by atoms with Gasteiger partial charge in [-0.2, -0.15) is 0 Å². The van der Waals surface area contributed by atoms with Gasteiger partial charge in [-0.15, -0.1) is 0 Å². The van der Waals surface area contributed by atoms with Crippen molar-refractivity contribution in [3.05, 3.63) is 59.5 Å². The number of hydrogen-bond acceptors (Lipinski definition) is 5. The molecule has 2 heterocycles. The van der Waals surface area contributed by atoms with E-state index in [9.17, 15) is 14.0 Å². The van der Waals surface area contributed by atoms with Crippen molar-refractivity contribution in [3.8, 4) is 5.88 Å². The fourth-order valence-electron chi connectivity index (χ4n) is 3.83. The fraction of sp³-hybridized carbons (Fsp3) is 0.480. The Labute approximate surface area is 194 Å². The molecule has 1 aromatic heterocycles. The zero-order chi connectivity index (χ0) is 24.0. The van der Waals surface area contributed by atoms with Crippen molar-refractivity contribution in [2.24, 2.45) is 5.92 Å². The van der Waals surface area contributed by atoms with Gasteiger partial charge in [0.1, 0.15) is 11.4 Å². The predicted octanol–water partition coefficient (Wildman–Crippen LogP) is 4.47. The maximum atomic E-state index is 13.4. The van der Waals surface area contributed by atoms with Gasteiger partial charge in [0.05, 0.1) is 13.2 Å². The lowest BCUT2D eigenvalue weighted by Crippen LogP contribution is -2.42. The normalized spacial score (nSPS) is 15.6. The van der Waals surface area contributed by atoms with Crippen molar-refractivity contribution in [2.75, 3.05) is 20.2 Å². The molecule has 1 fully saturated rings. The largest absolute Gasteiger partial charge is 0.481 e. The number of piperidine rings is 1. The van der Waals surface area contributed by atoms with Gasteiger partial charge in [-0.25, -0.2) is 14.2 Å². The first-order valence-corrected chi connectivity index (χ1v) is 11.2. The molecule has 3 rings (SSSR count). The molecule has 33 heavy (non-hydrogen) atoms. The van der Waals surface area contributed by atoms with Gasteiger partial charge in [0.15, 0.2) is 0 Å². The summed E-state index contributed by atoms with van der Waals surface area (Å²) in [7, 11) is 1.54. The van der Waals surface area contributed by atoms with E-state index in [0.29, 0.717) is 25.4 Å². The number of likely N-dealkylation sites (tertiary alicyclic amines) is 1. The number of rotatable bonds is 6. The van der Waals surface area contributed by atoms with E-state index in [1.54, 1.807) is 29.3 Å². The first-order valence-electron chi connectivity index (χ1n) is 11.2. The van der Waals surface area contributed by atoms with E-state index in [2.05, 4.69) is 10.3 Å². The first kappa shape index (κ1) is 24.5. The van der Waals surface area contributed by atoms with Crippen LogP contribution in [0, 0.1) is 11.7 Å². The lowest BCUT2D eigenvalue weighted by atomic mass is 9.92. The van der Waals surface area contributed by atoms with Gasteiger partial charge in [-0.3, -0.25) is 4.79 Å². The van der Waals surface area contributed by atoms with Gasteiger partial charge in [0.2, 0.25) is 11.8 Å². The van der Waals surface area contributed by atoms with Gasteiger partial charge < -0.3 is 19.7 Å². The fourth-order valence-corrected chi connectivity index (χ4v) is 3.83. The highest BCUT2D eigenvalue weighted by atomic mass is 19.1. The summed E-state index contributed by atoms with van der Waals surface area (Å²) in [6.45, 7) is 6.67. The zero-order valence-electron chi connectivity index (χ0n) is 19.6. The minimum absolute atomic E-state index is 0.101. The molecular formula is C25H32FN3O4. The van der Waals surface area contributed by atoms with Crippen LogP contribution in [0.25, 0.3) is 0 Å². The number of carbonyl (C=O) groups is 2. The molecule has 1 N–H and O–H groups in total. The molecule has 1 saturated heterocycles. The highest BCUT2D eigenvalue weighted by molar-refractivity contribution is 5.77. The second-order valence-corrected chi connectivity index (χ2v) is 9.30. The molecule has 2 amide bonds. The van der Waals surface area contributed by atoms with E-state index in [1.807, 2.05) is 26.8 Å². The minimum Gasteiger partial charge on any atom is -0.481 e. The average molecular weight is 458 g/mol. The maximum Gasteiger partial charge on any atom is 0.410 e. The van der Waals surface area contributed by atoms with Crippen LogP contribution >= 0.6 is 0 Å². The number of nitrogens with one attached hydrogen (secondary N) is 1. The molecule has 2 aromatic rings. The number of benzene rings is 1. The summed E-state index contributed by atoms with van der Waals surface area (Å²) in [6.07, 6.45) is 3.15. The van der Waals surface area contributed by atoms with Crippen LogP contribution in [-0.4, -0.2) is 47.7 Å². The summed E-state index contributed by atoms with van der Waals surface area (Å²) in [4.78, 5) is 31.1. The van der Waals surface area contributed by atoms with E-state index >= 15 is 0 Å². The standard InChI is InChI=1S/C25H32FN3O4/c1-25(2,3)33-24(31)29-13-11-17(12-14-29)15-21(30)28-23(18-5-8-20(26)9-6-18)19-7-10-22(32-4)27-16-19/h5-10,16-17,23H,11-15H2,1-4H3,(H,28,30). The Balaban J connectivity index is 1.62. The van der Waals surface area contributed by atoms with E-state index in [1.165, 1.54) is 19.2 Å². The third-order valence-corrected chi connectivity index (χ3v) is 5.55. The molecular weight excluding hydrogens is 425 g/mol. The van der Waals surface area contributed by atoms with Crippen LogP contribution in [-0.2, 0) is 9.53 Å². The van der Waals surface area contributed by atoms with Crippen molar-refractivity contribution < 1.29 is 23.5 Å². The number of aromatic nitrogens is 1. The smallest absolute Gasteiger partial charge is 0.410 e. The Morgan fingerprint density at radius 1 is 1.12 bits per heavy atom. The Hall–Kier alpha value is -3.16. The van der Waals surface area contributed by atoms with Gasteiger partial charge in [0, 0.05) is 31.8 Å². The van der Waals surface area contributed by atoms with Crippen molar-refractivity contribution in [3.63, 3.8) is 0 Å². The van der Waals surface area contributed by atoms with Crippen LogP contribution in [0.3, 0.4) is 0 Å². The molecule has 178 valence electrons. The zero-order valence-corrected chi connectivity index (χ0v) is 19.6. The minimum atomic E-state index is -0.528. The molecule has 0 spiro atoms. The number of hydrogen-bond donors (Lipinski definition) is 1. The Bertz CT molecular complexity index is 934. The molecule has 0 saturated carbocycles. The number of amides is 2. The summed E-state index contributed by atoms with van der Waals surface area (Å²) in [5.41, 5.74) is 1.01. The van der Waals surface area contributed by atoms with Crippen molar-refractivity contribution in [2.45, 2.75) is 51.7 Å². The quantitative estimate of drug-likeness (QED) is 0.692. The Morgan fingerprint density at radius 2 is 1.76 bits per heavy atom. The van der Waals surface area contributed by atoms with Crippen molar-refractivity contribution in [1.82, 2.24) is 15.2 Å². The lowest BCUT2D eigenvalue weighted by Gasteiger charge is -2.33. The summed E-state index contributed by atoms with van der Waals surface area (Å²) in [6, 6.07) is 9.16. The number of ether oxygens (including phenoxy) is 2. The number of nitrogens with zero attached hydrogens (tertiary/aromatic N) is 2. The van der Waals surface area contributed by atoms with Crippen LogP contribution in [0.2, 0.25) is 0 Å². The molecule has 0 radical (unpaired) electrons. The first-order chi connectivity index (χ1) is 15.6. The molecule has 0 bridgehead atoms. The second kappa shape index (κ2) is 10.6. The van der Waals surface area contributed by atoms with E-state index in [4.69, 9.17) is 9.47 Å². The van der Waals surface area contributed by atoms with Crippen molar-refractivity contribution >= 4 is 12.0 Å². The highest BCUT2D eigenvalue weighted by Crippen LogP contribution is 2.26. The van der Waals surface area contributed by atoms with Crippen LogP contribution in [0.5, 0.6) is 5.88 Å². The number of pyridine rings is 1. The Morgan fingerprint density at radius 3 is 2.30 bits per heavy atom. The topological polar surface area (TPSA) is 80.8 Å². The van der Waals surface area contributed by atoms with Crippen LogP contribution in [0.1, 0.15) is 57.2 Å². The van der Waals surface area contributed by atoms with E-state index in [-0.39, 0.29) is 23.7 Å². The molecule has 0 aliphatic carbocycles. The lowest BCUT2D eigenvalue weighted by molar-refractivity contribution is -0.122. The summed E-state index contributed by atoms with van der Waals surface area (Å²) in [5.74, 6) is 0.204. The second-order valence-electron chi connectivity index (χ2n) is 9.30. The third-order valence-electron chi connectivity index (χ3n) is 5.55. The summed E-state index contributed by atoms with van der Waals surface area (Å²) >= 11 is 0. The van der Waals surface area contributed by atoms with Crippen LogP contribution < -0.4 is 10.1 Å². The number of methoxy groups -OCH3 is 1. The number of halogens is 1. The van der Waals surface area contributed by atoms with E-state index in [0.717, 1.165) is 24.0 Å². The van der Waals surface area contributed by atoms with Gasteiger partial charge in [-0.1, -0.05) is 12.1 Å². The van der Waals surface area contributed by atoms with Crippen LogP contribution in [0.4, 0.5) is 9.18 Å². The predicted molar refractivity (Wildman–Crippen MR) is 122 cm³/mol.